The lowest BCUT2D eigenvalue weighted by molar-refractivity contribution is 0.0686. The van der Waals surface area contributed by atoms with Gasteiger partial charge in [0.25, 0.3) is 0 Å². The molecule has 2 rings (SSSR count). The van der Waals surface area contributed by atoms with Crippen LogP contribution in [0.25, 0.3) is 12.2 Å². The second-order valence-electron chi connectivity index (χ2n) is 6.25. The summed E-state index contributed by atoms with van der Waals surface area (Å²) < 4.78 is 0. The maximum atomic E-state index is 11.2. The third-order valence-corrected chi connectivity index (χ3v) is 4.38. The van der Waals surface area contributed by atoms with E-state index in [1.54, 1.807) is 48.6 Å². The standard InChI is InChI=1S/C21H20O4/c1-5-13-11-15(19(22)23)7-9-17(13)21(3,4)18-10-8-16(20(24)25)12-14(18)6-2/h5-12H,1-2H2,3-4H3,(H,22,23)(H,24,25). The largest absolute Gasteiger partial charge is 0.478 e. The zero-order valence-corrected chi connectivity index (χ0v) is 14.2. The minimum Gasteiger partial charge on any atom is -0.478 e. The van der Waals surface area contributed by atoms with E-state index >= 15 is 0 Å². The Morgan fingerprint density at radius 1 is 0.840 bits per heavy atom. The number of carboxylic acid groups (broad SMARTS) is 2. The van der Waals surface area contributed by atoms with Crippen LogP contribution in [-0.2, 0) is 5.41 Å². The average Bonchev–Trinajstić information content (AvgIpc) is 2.60. The highest BCUT2D eigenvalue weighted by Gasteiger charge is 2.28. The summed E-state index contributed by atoms with van der Waals surface area (Å²) in [6.07, 6.45) is 3.26. The predicted octanol–water partition coefficient (Wildman–Crippen LogP) is 4.69. The van der Waals surface area contributed by atoms with Crippen LogP contribution in [0.5, 0.6) is 0 Å². The molecule has 2 aromatic carbocycles. The van der Waals surface area contributed by atoms with E-state index in [2.05, 4.69) is 13.2 Å². The van der Waals surface area contributed by atoms with Gasteiger partial charge >= 0.3 is 11.9 Å². The van der Waals surface area contributed by atoms with Crippen molar-refractivity contribution in [2.24, 2.45) is 0 Å². The molecule has 0 aromatic heterocycles. The van der Waals surface area contributed by atoms with E-state index in [1.165, 1.54) is 0 Å². The molecule has 0 radical (unpaired) electrons. The molecule has 128 valence electrons. The third kappa shape index (κ3) is 3.38. The van der Waals surface area contributed by atoms with Crippen LogP contribution in [0.1, 0.15) is 56.8 Å². The Morgan fingerprint density at radius 3 is 1.48 bits per heavy atom. The average molecular weight is 336 g/mol. The van der Waals surface area contributed by atoms with Gasteiger partial charge in [-0.05, 0) is 46.5 Å². The van der Waals surface area contributed by atoms with E-state index in [0.717, 1.165) is 22.3 Å². The molecule has 0 heterocycles. The van der Waals surface area contributed by atoms with Gasteiger partial charge in [-0.2, -0.15) is 0 Å². The number of hydrogen-bond donors (Lipinski definition) is 2. The van der Waals surface area contributed by atoms with Crippen molar-refractivity contribution < 1.29 is 19.8 Å². The van der Waals surface area contributed by atoms with E-state index in [0.29, 0.717) is 0 Å². The molecule has 0 bridgehead atoms. The molecule has 4 heteroatoms. The van der Waals surface area contributed by atoms with Crippen LogP contribution in [0.3, 0.4) is 0 Å². The van der Waals surface area contributed by atoms with E-state index in [9.17, 15) is 19.8 Å². The Hall–Kier alpha value is -3.14. The molecule has 0 aliphatic heterocycles. The van der Waals surface area contributed by atoms with Gasteiger partial charge in [-0.1, -0.05) is 51.3 Å². The molecule has 4 nitrogen and oxygen atoms in total. The van der Waals surface area contributed by atoms with Crippen molar-refractivity contribution in [3.05, 3.63) is 82.9 Å². The summed E-state index contributed by atoms with van der Waals surface area (Å²) in [5, 5.41) is 18.4. The van der Waals surface area contributed by atoms with E-state index in [1.807, 2.05) is 13.8 Å². The molecule has 0 aliphatic carbocycles. The van der Waals surface area contributed by atoms with E-state index in [-0.39, 0.29) is 11.1 Å². The monoisotopic (exact) mass is 336 g/mol. The van der Waals surface area contributed by atoms with E-state index in [4.69, 9.17) is 0 Å². The molecule has 0 atom stereocenters. The summed E-state index contributed by atoms with van der Waals surface area (Å²) in [6, 6.07) is 9.85. The molecule has 2 aromatic rings. The Kier molecular flexibility index (Phi) is 4.93. The first-order chi connectivity index (χ1) is 11.7. The van der Waals surface area contributed by atoms with Gasteiger partial charge in [0.1, 0.15) is 0 Å². The maximum absolute atomic E-state index is 11.2. The van der Waals surface area contributed by atoms with Crippen molar-refractivity contribution in [1.29, 1.82) is 0 Å². The predicted molar refractivity (Wildman–Crippen MR) is 99.1 cm³/mol. The molecule has 25 heavy (non-hydrogen) atoms. The van der Waals surface area contributed by atoms with Gasteiger partial charge in [-0.15, -0.1) is 0 Å². The smallest absolute Gasteiger partial charge is 0.335 e. The fourth-order valence-electron chi connectivity index (χ4n) is 3.01. The lowest BCUT2D eigenvalue weighted by atomic mass is 9.73. The Bertz CT molecular complexity index is 804. The zero-order valence-electron chi connectivity index (χ0n) is 14.2. The van der Waals surface area contributed by atoms with Gasteiger partial charge in [0, 0.05) is 5.41 Å². The van der Waals surface area contributed by atoms with Gasteiger partial charge < -0.3 is 10.2 Å². The molecule has 0 saturated carbocycles. The highest BCUT2D eigenvalue weighted by Crippen LogP contribution is 2.37. The number of carboxylic acids is 2. The van der Waals surface area contributed by atoms with Crippen molar-refractivity contribution in [3.8, 4) is 0 Å². The Labute approximate surface area is 146 Å². The number of hydrogen-bond acceptors (Lipinski definition) is 2. The highest BCUT2D eigenvalue weighted by atomic mass is 16.4. The van der Waals surface area contributed by atoms with Crippen LogP contribution in [0, 0.1) is 0 Å². The number of benzene rings is 2. The molecule has 0 saturated heterocycles. The quantitative estimate of drug-likeness (QED) is 0.802. The van der Waals surface area contributed by atoms with Crippen LogP contribution in [0.4, 0.5) is 0 Å². The molecular weight excluding hydrogens is 316 g/mol. The van der Waals surface area contributed by atoms with Gasteiger partial charge in [0.05, 0.1) is 11.1 Å². The first kappa shape index (κ1) is 18.2. The van der Waals surface area contributed by atoms with Crippen molar-refractivity contribution in [2.45, 2.75) is 19.3 Å². The molecule has 2 N–H and O–H groups in total. The first-order valence-corrected chi connectivity index (χ1v) is 7.73. The lowest BCUT2D eigenvalue weighted by Crippen LogP contribution is -2.22. The maximum Gasteiger partial charge on any atom is 0.335 e. The number of rotatable bonds is 6. The molecule has 0 fully saturated rings. The summed E-state index contributed by atoms with van der Waals surface area (Å²) in [5.74, 6) is -1.99. The zero-order chi connectivity index (χ0) is 18.8. The third-order valence-electron chi connectivity index (χ3n) is 4.38. The second kappa shape index (κ2) is 6.77. The first-order valence-electron chi connectivity index (χ1n) is 7.73. The van der Waals surface area contributed by atoms with Crippen molar-refractivity contribution in [3.63, 3.8) is 0 Å². The number of aromatic carboxylic acids is 2. The van der Waals surface area contributed by atoms with E-state index < -0.39 is 17.4 Å². The normalized spacial score (nSPS) is 11.0. The fourth-order valence-corrected chi connectivity index (χ4v) is 3.01. The molecule has 0 amide bonds. The summed E-state index contributed by atoms with van der Waals surface area (Å²) in [4.78, 5) is 22.4. The van der Waals surface area contributed by atoms with Crippen LogP contribution < -0.4 is 0 Å². The molecular formula is C21H20O4. The van der Waals surface area contributed by atoms with Crippen LogP contribution >= 0.6 is 0 Å². The summed E-state index contributed by atoms with van der Waals surface area (Å²) >= 11 is 0. The Morgan fingerprint density at radius 2 is 1.20 bits per heavy atom. The molecule has 0 aliphatic rings. The SMILES string of the molecule is C=Cc1cc(C(=O)O)ccc1C(C)(C)c1ccc(C(=O)O)cc1C=C. The molecule has 0 unspecified atom stereocenters. The minimum absolute atomic E-state index is 0.194. The number of carbonyl (C=O) groups is 2. The summed E-state index contributed by atoms with van der Waals surface area (Å²) in [6.45, 7) is 11.6. The van der Waals surface area contributed by atoms with Crippen molar-refractivity contribution in [2.75, 3.05) is 0 Å². The van der Waals surface area contributed by atoms with Gasteiger partial charge in [0.2, 0.25) is 0 Å². The van der Waals surface area contributed by atoms with Crippen LogP contribution in [0.15, 0.2) is 49.6 Å². The van der Waals surface area contributed by atoms with Crippen molar-refractivity contribution in [1.82, 2.24) is 0 Å². The van der Waals surface area contributed by atoms with Crippen LogP contribution in [-0.4, -0.2) is 22.2 Å². The minimum atomic E-state index is -0.995. The fraction of sp³-hybridized carbons (Fsp3) is 0.143. The van der Waals surface area contributed by atoms with Crippen LogP contribution in [0.2, 0.25) is 0 Å². The van der Waals surface area contributed by atoms with Gasteiger partial charge in [-0.25, -0.2) is 9.59 Å². The van der Waals surface area contributed by atoms with Crippen molar-refractivity contribution >= 4 is 24.1 Å². The lowest BCUT2D eigenvalue weighted by Gasteiger charge is -2.30. The van der Waals surface area contributed by atoms with Gasteiger partial charge in [-0.3, -0.25) is 0 Å². The second-order valence-corrected chi connectivity index (χ2v) is 6.25. The topological polar surface area (TPSA) is 74.6 Å². The Balaban J connectivity index is 2.66. The summed E-state index contributed by atoms with van der Waals surface area (Å²) in [7, 11) is 0. The van der Waals surface area contributed by atoms with Gasteiger partial charge in [0.15, 0.2) is 0 Å². The molecule has 0 spiro atoms. The summed E-state index contributed by atoms with van der Waals surface area (Å²) in [5.41, 5.74) is 3.14. The highest BCUT2D eigenvalue weighted by molar-refractivity contribution is 5.89.